The van der Waals surface area contributed by atoms with Crippen molar-refractivity contribution in [2.75, 3.05) is 12.3 Å². The van der Waals surface area contributed by atoms with Crippen LogP contribution in [-0.4, -0.2) is 58.0 Å². The first kappa shape index (κ1) is 29.1. The van der Waals surface area contributed by atoms with Crippen LogP contribution >= 0.6 is 11.8 Å². The first-order chi connectivity index (χ1) is 19.4. The predicted molar refractivity (Wildman–Crippen MR) is 158 cm³/mol. The molecule has 5 rings (SSSR count). The number of Topliss-reactive ketones (excluding diaryl/α,β-unsaturated/α-hetero) is 1. The normalized spacial score (nSPS) is 33.3. The highest BCUT2D eigenvalue weighted by molar-refractivity contribution is 8.01. The van der Waals surface area contributed by atoms with Gasteiger partial charge < -0.3 is 11.1 Å². The number of fused-ring (bicyclic) bond motifs is 1. The third kappa shape index (κ3) is 6.88. The van der Waals surface area contributed by atoms with Crippen LogP contribution < -0.4 is 11.1 Å². The quantitative estimate of drug-likeness (QED) is 0.423. The number of imide groups is 1. The predicted octanol–water partition coefficient (Wildman–Crippen LogP) is 4.39. The standard InChI is InChI=1S/C32H43N3O4S/c33-29-24-11-7-4-8-12-25(17-24)30(29)34-27(36)20-40-26-18-28(37)35(32(26)39)19-21-13-15-23(16-14-21)31(38)22-9-5-2-1-3-6-10-22/h4,7-8,11-12,17,21-23,26,29-30H,1-3,5-6,9-10,13-16,18-20,33H2,(H,34,36)/b7-4?,8-4-,11-7?,12-8?,24-11?,25-12+. The van der Waals surface area contributed by atoms with Crippen LogP contribution in [0.15, 0.2) is 47.6 Å². The van der Waals surface area contributed by atoms with Gasteiger partial charge in [0.1, 0.15) is 5.78 Å². The van der Waals surface area contributed by atoms with Gasteiger partial charge in [-0.15, -0.1) is 11.8 Å². The van der Waals surface area contributed by atoms with Gasteiger partial charge in [-0.1, -0.05) is 68.6 Å². The molecule has 0 spiro atoms. The van der Waals surface area contributed by atoms with Gasteiger partial charge in [-0.05, 0) is 55.6 Å². The minimum Gasteiger partial charge on any atom is -0.347 e. The fraction of sp³-hybridized carbons (Fsp3) is 0.625. The molecule has 0 aromatic heterocycles. The van der Waals surface area contributed by atoms with Crippen LogP contribution in [0.2, 0.25) is 0 Å². The maximum absolute atomic E-state index is 13.2. The lowest BCUT2D eigenvalue weighted by atomic mass is 9.74. The highest BCUT2D eigenvalue weighted by Crippen LogP contribution is 2.36. The number of rotatable bonds is 8. The summed E-state index contributed by atoms with van der Waals surface area (Å²) < 4.78 is 0. The third-order valence-electron chi connectivity index (χ3n) is 9.37. The molecule has 2 bridgehead atoms. The van der Waals surface area contributed by atoms with Crippen molar-refractivity contribution in [3.8, 4) is 0 Å². The molecule has 216 valence electrons. The molecule has 0 aromatic rings. The summed E-state index contributed by atoms with van der Waals surface area (Å²) in [6.45, 7) is 0.436. The molecule has 3 N–H and O–H groups in total. The van der Waals surface area contributed by atoms with Crippen molar-refractivity contribution in [3.05, 3.63) is 47.6 Å². The van der Waals surface area contributed by atoms with E-state index in [1.165, 1.54) is 48.8 Å². The van der Waals surface area contributed by atoms with E-state index in [4.69, 9.17) is 5.73 Å². The second-order valence-corrected chi connectivity index (χ2v) is 13.3. The van der Waals surface area contributed by atoms with Gasteiger partial charge in [-0.3, -0.25) is 24.1 Å². The fourth-order valence-corrected chi connectivity index (χ4v) is 7.95. The molecule has 3 fully saturated rings. The summed E-state index contributed by atoms with van der Waals surface area (Å²) in [5.41, 5.74) is 8.29. The smallest absolute Gasteiger partial charge is 0.242 e. The van der Waals surface area contributed by atoms with Crippen LogP contribution in [0.1, 0.15) is 77.0 Å². The summed E-state index contributed by atoms with van der Waals surface area (Å²) in [7, 11) is 0. The summed E-state index contributed by atoms with van der Waals surface area (Å²) in [5.74, 6) is 0.683. The van der Waals surface area contributed by atoms with Crippen molar-refractivity contribution in [1.82, 2.24) is 10.2 Å². The van der Waals surface area contributed by atoms with E-state index in [2.05, 4.69) is 5.32 Å². The molecule has 3 amide bonds. The Morgan fingerprint density at radius 3 is 2.35 bits per heavy atom. The summed E-state index contributed by atoms with van der Waals surface area (Å²) in [5, 5.41) is 2.49. The molecular formula is C32H43N3O4S. The molecule has 3 unspecified atom stereocenters. The minimum absolute atomic E-state index is 0.101. The highest BCUT2D eigenvalue weighted by atomic mass is 32.2. The average Bonchev–Trinajstić information content (AvgIpc) is 3.37. The molecule has 40 heavy (non-hydrogen) atoms. The summed E-state index contributed by atoms with van der Waals surface area (Å²) in [4.78, 5) is 53.2. The number of nitrogens with two attached hydrogens (primary N) is 1. The summed E-state index contributed by atoms with van der Waals surface area (Å²) in [6, 6.07) is -0.620. The van der Waals surface area contributed by atoms with Gasteiger partial charge in [-0.2, -0.15) is 0 Å². The number of nitrogens with one attached hydrogen (secondary N) is 1. The fourth-order valence-electron chi connectivity index (χ4n) is 6.99. The zero-order valence-electron chi connectivity index (χ0n) is 23.4. The Kier molecular flexibility index (Phi) is 9.79. The lowest BCUT2D eigenvalue weighted by Gasteiger charge is -2.32. The van der Waals surface area contributed by atoms with Crippen LogP contribution in [0.25, 0.3) is 0 Å². The second kappa shape index (κ2) is 13.5. The van der Waals surface area contributed by atoms with E-state index in [9.17, 15) is 19.2 Å². The van der Waals surface area contributed by atoms with E-state index < -0.39 is 5.25 Å². The molecule has 5 aliphatic rings. The molecule has 1 aliphatic heterocycles. The topological polar surface area (TPSA) is 110 Å². The van der Waals surface area contributed by atoms with Gasteiger partial charge in [0, 0.05) is 24.8 Å². The van der Waals surface area contributed by atoms with Gasteiger partial charge in [-0.25, -0.2) is 0 Å². The number of allylic oxidation sites excluding steroid dienone is 4. The summed E-state index contributed by atoms with van der Waals surface area (Å²) in [6.07, 6.45) is 23.6. The van der Waals surface area contributed by atoms with Crippen molar-refractivity contribution in [2.24, 2.45) is 23.5 Å². The number of likely N-dealkylation sites (tertiary alicyclic amines) is 1. The van der Waals surface area contributed by atoms with Crippen LogP contribution in [0.5, 0.6) is 0 Å². The lowest BCUT2D eigenvalue weighted by molar-refractivity contribution is -0.139. The maximum Gasteiger partial charge on any atom is 0.242 e. The van der Waals surface area contributed by atoms with E-state index >= 15 is 0 Å². The number of carbonyl (C=O) groups excluding carboxylic acids is 4. The van der Waals surface area contributed by atoms with Gasteiger partial charge in [0.05, 0.1) is 23.1 Å². The molecule has 2 saturated carbocycles. The van der Waals surface area contributed by atoms with Gasteiger partial charge >= 0.3 is 0 Å². The number of nitrogens with zero attached hydrogens (tertiary/aromatic N) is 1. The Bertz CT molecular complexity index is 1110. The van der Waals surface area contributed by atoms with Crippen molar-refractivity contribution in [2.45, 2.75) is 94.4 Å². The van der Waals surface area contributed by atoms with Crippen LogP contribution in [0.3, 0.4) is 0 Å². The molecule has 1 heterocycles. The second-order valence-electron chi connectivity index (χ2n) is 12.1. The zero-order chi connectivity index (χ0) is 28.1. The number of thioether (sulfide) groups is 1. The number of hydrogen-bond acceptors (Lipinski definition) is 6. The van der Waals surface area contributed by atoms with Crippen molar-refractivity contribution < 1.29 is 19.2 Å². The molecule has 1 saturated heterocycles. The van der Waals surface area contributed by atoms with Gasteiger partial charge in [0.15, 0.2) is 0 Å². The maximum atomic E-state index is 13.2. The molecule has 0 aromatic carbocycles. The van der Waals surface area contributed by atoms with Crippen molar-refractivity contribution >= 4 is 35.3 Å². The number of hydrogen-bond donors (Lipinski definition) is 2. The van der Waals surface area contributed by atoms with E-state index in [0.717, 1.165) is 49.7 Å². The van der Waals surface area contributed by atoms with Gasteiger partial charge in [0.2, 0.25) is 17.7 Å². The minimum atomic E-state index is -0.524. The van der Waals surface area contributed by atoms with Gasteiger partial charge in [0.25, 0.3) is 0 Å². The number of amides is 3. The highest BCUT2D eigenvalue weighted by Gasteiger charge is 2.41. The van der Waals surface area contributed by atoms with Crippen molar-refractivity contribution in [3.63, 3.8) is 0 Å². The Balaban J connectivity index is 1.06. The van der Waals surface area contributed by atoms with E-state index in [-0.39, 0.29) is 59.7 Å². The molecule has 8 heteroatoms. The monoisotopic (exact) mass is 565 g/mol. The molecule has 7 nitrogen and oxygen atoms in total. The Morgan fingerprint density at radius 1 is 0.900 bits per heavy atom. The number of carbonyl (C=O) groups is 4. The average molecular weight is 566 g/mol. The van der Waals surface area contributed by atoms with E-state index in [1.54, 1.807) is 0 Å². The molecular weight excluding hydrogens is 522 g/mol. The van der Waals surface area contributed by atoms with E-state index in [0.29, 0.717) is 12.3 Å². The van der Waals surface area contributed by atoms with Crippen LogP contribution in [-0.2, 0) is 19.2 Å². The number of ketones is 1. The molecule has 4 aliphatic carbocycles. The SMILES string of the molecule is NC1C2=C/C(=C\C=C/C=C2)C1NC(=O)CSC1CC(=O)N(CC2CCC(C(=O)C3CCCCCCC3)CC2)C1=O. The molecule has 3 atom stereocenters. The Hall–Kier alpha value is -2.45. The molecule has 0 radical (unpaired) electrons. The Labute approximate surface area is 242 Å². The first-order valence-electron chi connectivity index (χ1n) is 15.2. The third-order valence-corrected chi connectivity index (χ3v) is 10.6. The summed E-state index contributed by atoms with van der Waals surface area (Å²) >= 11 is 1.24. The first-order valence-corrected chi connectivity index (χ1v) is 16.3. The van der Waals surface area contributed by atoms with Crippen LogP contribution in [0.4, 0.5) is 0 Å². The van der Waals surface area contributed by atoms with E-state index in [1.807, 2.05) is 36.5 Å². The van der Waals surface area contributed by atoms with Crippen LogP contribution in [0, 0.1) is 17.8 Å². The lowest BCUT2D eigenvalue weighted by Crippen LogP contribution is -2.47. The zero-order valence-corrected chi connectivity index (χ0v) is 24.2. The Morgan fingerprint density at radius 2 is 1.60 bits per heavy atom. The van der Waals surface area contributed by atoms with Crippen molar-refractivity contribution in [1.29, 1.82) is 0 Å². The largest absolute Gasteiger partial charge is 0.347 e.